The van der Waals surface area contributed by atoms with E-state index in [1.54, 1.807) is 0 Å². The van der Waals surface area contributed by atoms with Crippen LogP contribution in [0.15, 0.2) is 0 Å². The molecule has 0 aliphatic rings. The molecule has 0 rings (SSSR count). The van der Waals surface area contributed by atoms with Crippen LogP contribution in [0.2, 0.25) is 0 Å². The van der Waals surface area contributed by atoms with Gasteiger partial charge in [-0.25, -0.2) is 0 Å². The molecule has 0 saturated heterocycles. The Morgan fingerprint density at radius 3 is 1.11 bits per heavy atom. The van der Waals surface area contributed by atoms with E-state index in [1.807, 2.05) is 0 Å². The van der Waals surface area contributed by atoms with Crippen molar-refractivity contribution in [3.05, 3.63) is 0 Å². The summed E-state index contributed by atoms with van der Waals surface area (Å²) in [6, 6.07) is 0. The van der Waals surface area contributed by atoms with Gasteiger partial charge in [-0.2, -0.15) is 0 Å². The van der Waals surface area contributed by atoms with Crippen LogP contribution in [-0.4, -0.2) is 29.2 Å². The van der Waals surface area contributed by atoms with Crippen LogP contribution >= 0.6 is 0 Å². The summed E-state index contributed by atoms with van der Waals surface area (Å²) >= 11 is 0. The van der Waals surface area contributed by atoms with Gasteiger partial charge in [0.05, 0.1) is 0 Å². The van der Waals surface area contributed by atoms with Crippen molar-refractivity contribution in [2.24, 2.45) is 0 Å². The van der Waals surface area contributed by atoms with Crippen molar-refractivity contribution >= 4 is 29.2 Å². The predicted molar refractivity (Wildman–Crippen MR) is 11.1 cm³/mol. The van der Waals surface area contributed by atoms with E-state index in [0.29, 0.717) is 0 Å². The van der Waals surface area contributed by atoms with E-state index in [2.05, 4.69) is 0 Å². The van der Waals surface area contributed by atoms with Gasteiger partial charge in [-0.1, -0.05) is 0 Å². The average molecular weight is 185 g/mol. The van der Waals surface area contributed by atoms with Gasteiger partial charge in [-0.3, -0.25) is 0 Å². The van der Waals surface area contributed by atoms with Crippen LogP contribution in [0.4, 0.5) is 4.79 Å². The first-order valence-electron chi connectivity index (χ1n) is 0.612. The molecule has 0 radical (unpaired) electrons. The van der Waals surface area contributed by atoms with Gasteiger partial charge in [-0.05, 0) is 6.16 Å². The summed E-state index contributed by atoms with van der Waals surface area (Å²) in [5, 5.41) is 16.7. The van der Waals surface area contributed by atoms with E-state index in [9.17, 15) is 0 Å². The number of carboxylic acid groups (broad SMARTS) is 2. The molecule has 3 nitrogen and oxygen atoms in total. The van der Waals surface area contributed by atoms with Crippen LogP contribution < -0.4 is 86.4 Å². The van der Waals surface area contributed by atoms with Crippen molar-refractivity contribution in [1.82, 2.24) is 0 Å². The molecule has 0 heterocycles. The van der Waals surface area contributed by atoms with Crippen LogP contribution in [0, 0.1) is 0 Å². The largest absolute Gasteiger partial charge is 2.00 e. The Labute approximate surface area is 118 Å². The Morgan fingerprint density at radius 1 is 1.11 bits per heavy atom. The molecule has 0 N–H and O–H groups in total. The average Bonchev–Trinajstić information content (AvgIpc) is 0.811. The summed E-state index contributed by atoms with van der Waals surface area (Å²) in [5.74, 6) is 0. The zero-order chi connectivity index (χ0) is 3.58. The molecule has 8 heteroatoms. The second-order valence-corrected chi connectivity index (χ2v) is 0.250. The summed E-state index contributed by atoms with van der Waals surface area (Å²) in [6.07, 6.45) is -2.33. The Morgan fingerprint density at radius 2 is 1.11 bits per heavy atom. The SMILES string of the molecule is O=C([O-])[O-].[Cl-].[F-].[Mg+2].[Na+].[Na+]. The topological polar surface area (TPSA) is 63.2 Å². The van der Waals surface area contributed by atoms with E-state index < -0.39 is 6.16 Å². The van der Waals surface area contributed by atoms with Crippen molar-refractivity contribution in [3.63, 3.8) is 0 Å². The minimum atomic E-state index is -2.33. The number of hydrogen-bond acceptors (Lipinski definition) is 3. The molecule has 0 aromatic heterocycles. The van der Waals surface area contributed by atoms with E-state index in [0.717, 1.165) is 0 Å². The Bertz CT molecular complexity index is 44.8. The van der Waals surface area contributed by atoms with E-state index in [-0.39, 0.29) is 99.3 Å². The number of halogens is 2. The van der Waals surface area contributed by atoms with Gasteiger partial charge in [0.1, 0.15) is 0 Å². The number of carbonyl (C=O) groups is 1. The number of rotatable bonds is 0. The van der Waals surface area contributed by atoms with Crippen LogP contribution in [0.3, 0.4) is 0 Å². The predicted octanol–water partition coefficient (Wildman–Crippen LogP) is -14.8. The molecule has 0 bridgehead atoms. The molecule has 0 spiro atoms. The van der Waals surface area contributed by atoms with Crippen molar-refractivity contribution in [1.29, 1.82) is 0 Å². The summed E-state index contributed by atoms with van der Waals surface area (Å²) < 4.78 is 0. The Kier molecular flexibility index (Phi) is 151. The van der Waals surface area contributed by atoms with Crippen LogP contribution in [-0.2, 0) is 0 Å². The van der Waals surface area contributed by atoms with Gasteiger partial charge in [0, 0.05) is 0 Å². The zero-order valence-corrected chi connectivity index (χ0v) is 11.4. The second-order valence-electron chi connectivity index (χ2n) is 0.250. The van der Waals surface area contributed by atoms with Crippen LogP contribution in [0.25, 0.3) is 0 Å². The summed E-state index contributed by atoms with van der Waals surface area (Å²) in [7, 11) is 0. The number of hydrogen-bond donors (Lipinski definition) is 0. The molecule has 40 valence electrons. The van der Waals surface area contributed by atoms with Gasteiger partial charge < -0.3 is 32.1 Å². The molecule has 0 aromatic rings. The normalized spacial score (nSPS) is 2.67. The molecular weight excluding hydrogens is 185 g/mol. The van der Waals surface area contributed by atoms with Crippen LogP contribution in [0.5, 0.6) is 0 Å². The summed E-state index contributed by atoms with van der Waals surface area (Å²) in [4.78, 5) is 8.33. The molecule has 0 aromatic carbocycles. The molecule has 0 atom stereocenters. The first-order chi connectivity index (χ1) is 1.73. The first kappa shape index (κ1) is 42.9. The smallest absolute Gasteiger partial charge is 1.00 e. The van der Waals surface area contributed by atoms with Gasteiger partial charge in [-0.15, -0.1) is 0 Å². The molecule has 0 saturated carbocycles. The molecule has 0 aliphatic heterocycles. The van der Waals surface area contributed by atoms with E-state index in [1.165, 1.54) is 0 Å². The van der Waals surface area contributed by atoms with Gasteiger partial charge in [0.25, 0.3) is 0 Å². The first-order valence-corrected chi connectivity index (χ1v) is 0.612. The monoisotopic (exact) mass is 184 g/mol. The molecule has 0 amide bonds. The standard InChI is InChI=1S/CH2O3.ClH.FH.Mg.2Na/c2-1(3)4;;;;;/h(H2,2,3,4);2*1H;;;/q;;;+2;2*+1/p-4. The Balaban J connectivity index is -0.00000000450. The van der Waals surface area contributed by atoms with Gasteiger partial charge in [0.15, 0.2) is 0 Å². The third-order valence-corrected chi connectivity index (χ3v) is 0. The summed E-state index contributed by atoms with van der Waals surface area (Å²) in [6.45, 7) is 0. The van der Waals surface area contributed by atoms with Crippen molar-refractivity contribution < 1.29 is 91.2 Å². The fourth-order valence-corrected chi connectivity index (χ4v) is 0. The fourth-order valence-electron chi connectivity index (χ4n) is 0. The van der Waals surface area contributed by atoms with Gasteiger partial charge in [0.2, 0.25) is 0 Å². The number of carbonyl (C=O) groups excluding carboxylic acids is 1. The van der Waals surface area contributed by atoms with E-state index >= 15 is 0 Å². The zero-order valence-electron chi connectivity index (χ0n) is 5.19. The quantitative estimate of drug-likeness (QED) is 0.352. The molecular formula is CClFMgNa2O3. The van der Waals surface area contributed by atoms with Crippen molar-refractivity contribution in [3.8, 4) is 0 Å². The fraction of sp³-hybridized carbons (Fsp3) is 0. The molecule has 0 fully saturated rings. The second kappa shape index (κ2) is 31.8. The minimum Gasteiger partial charge on any atom is -1.00 e. The third kappa shape index (κ3) is 137. The van der Waals surface area contributed by atoms with E-state index in [4.69, 9.17) is 15.0 Å². The maximum atomic E-state index is 8.33. The maximum absolute atomic E-state index is 8.33. The van der Waals surface area contributed by atoms with Crippen molar-refractivity contribution in [2.75, 3.05) is 0 Å². The van der Waals surface area contributed by atoms with Crippen LogP contribution in [0.1, 0.15) is 0 Å². The summed E-state index contributed by atoms with van der Waals surface area (Å²) in [5.41, 5.74) is 0. The van der Waals surface area contributed by atoms with Crippen molar-refractivity contribution in [2.45, 2.75) is 0 Å². The molecule has 0 aliphatic carbocycles. The maximum Gasteiger partial charge on any atom is 2.00 e. The Hall–Kier alpha value is 2.26. The molecule has 9 heavy (non-hydrogen) atoms. The molecule has 0 unspecified atom stereocenters. The minimum absolute atomic E-state index is 0. The van der Waals surface area contributed by atoms with Gasteiger partial charge >= 0.3 is 82.2 Å². The third-order valence-electron chi connectivity index (χ3n) is 0.